The fraction of sp³-hybridized carbons (Fsp3) is 0.571. The van der Waals surface area contributed by atoms with Gasteiger partial charge in [0.25, 0.3) is 0 Å². The van der Waals surface area contributed by atoms with Gasteiger partial charge in [-0.15, -0.1) is 0 Å². The van der Waals surface area contributed by atoms with E-state index in [1.54, 1.807) is 6.07 Å². The Hall–Kier alpha value is -1.13. The van der Waals surface area contributed by atoms with Crippen LogP contribution in [0.5, 0.6) is 5.75 Å². The van der Waals surface area contributed by atoms with Gasteiger partial charge < -0.3 is 15.2 Å². The van der Waals surface area contributed by atoms with E-state index in [9.17, 15) is 4.39 Å². The summed E-state index contributed by atoms with van der Waals surface area (Å²) in [7, 11) is 0. The maximum Gasteiger partial charge on any atom is 0.165 e. The van der Waals surface area contributed by atoms with E-state index in [0.717, 1.165) is 5.56 Å². The first-order valence-electron chi connectivity index (χ1n) is 6.18. The molecule has 0 atom stereocenters. The van der Waals surface area contributed by atoms with Gasteiger partial charge in [-0.05, 0) is 45.4 Å². The number of hydrogen-bond donors (Lipinski definition) is 1. The molecular weight excluding hydrogens is 233 g/mol. The Morgan fingerprint density at radius 1 is 1.22 bits per heavy atom. The zero-order chi connectivity index (χ0) is 13.6. The number of para-hydroxylation sites is 1. The third-order valence-corrected chi connectivity index (χ3v) is 2.33. The van der Waals surface area contributed by atoms with Crippen LogP contribution in [0.3, 0.4) is 0 Å². The van der Waals surface area contributed by atoms with E-state index >= 15 is 0 Å². The lowest BCUT2D eigenvalue weighted by Gasteiger charge is -2.20. The Balaban J connectivity index is 2.55. The van der Waals surface area contributed by atoms with Crippen molar-refractivity contribution in [2.45, 2.75) is 32.8 Å². The minimum atomic E-state index is -0.350. The van der Waals surface area contributed by atoms with Crippen LogP contribution in [0.1, 0.15) is 26.3 Å². The number of hydrogen-bond acceptors (Lipinski definition) is 3. The first-order valence-corrected chi connectivity index (χ1v) is 6.18. The lowest BCUT2D eigenvalue weighted by Crippen LogP contribution is -2.22. The summed E-state index contributed by atoms with van der Waals surface area (Å²) in [4.78, 5) is 0. The van der Waals surface area contributed by atoms with Crippen molar-refractivity contribution < 1.29 is 13.9 Å². The summed E-state index contributed by atoms with van der Waals surface area (Å²) in [5.74, 6) is -0.0582. The monoisotopic (exact) mass is 255 g/mol. The normalized spacial score (nSPS) is 11.6. The third-order valence-electron chi connectivity index (χ3n) is 2.33. The standard InChI is InChI=1S/C14H22FNO2/c1-14(2,3)18-10-9-17-13-11(7-8-16)5-4-6-12(13)15/h4-6H,7-10,16H2,1-3H3. The molecule has 102 valence electrons. The van der Waals surface area contributed by atoms with E-state index in [1.807, 2.05) is 26.8 Å². The van der Waals surface area contributed by atoms with Gasteiger partial charge >= 0.3 is 0 Å². The molecule has 2 N–H and O–H groups in total. The van der Waals surface area contributed by atoms with Crippen LogP contribution in [0.2, 0.25) is 0 Å². The predicted octanol–water partition coefficient (Wildman–Crippen LogP) is 2.52. The molecule has 0 spiro atoms. The van der Waals surface area contributed by atoms with Crippen molar-refractivity contribution in [3.05, 3.63) is 29.6 Å². The minimum absolute atomic E-state index is 0.210. The van der Waals surface area contributed by atoms with Crippen LogP contribution in [0.25, 0.3) is 0 Å². The SMILES string of the molecule is CC(C)(C)OCCOc1c(F)cccc1CCN. The second-order valence-electron chi connectivity index (χ2n) is 5.08. The molecule has 18 heavy (non-hydrogen) atoms. The van der Waals surface area contributed by atoms with Crippen LogP contribution in [0.15, 0.2) is 18.2 Å². The molecule has 1 aromatic carbocycles. The fourth-order valence-corrected chi connectivity index (χ4v) is 1.56. The highest BCUT2D eigenvalue weighted by Gasteiger charge is 2.12. The van der Waals surface area contributed by atoms with Crippen molar-refractivity contribution in [1.29, 1.82) is 0 Å². The minimum Gasteiger partial charge on any atom is -0.488 e. The third kappa shape index (κ3) is 5.02. The van der Waals surface area contributed by atoms with Gasteiger partial charge in [-0.25, -0.2) is 4.39 Å². The van der Waals surface area contributed by atoms with E-state index in [1.165, 1.54) is 6.07 Å². The Bertz CT molecular complexity index is 375. The predicted molar refractivity (Wildman–Crippen MR) is 70.4 cm³/mol. The first-order chi connectivity index (χ1) is 8.44. The number of benzene rings is 1. The highest BCUT2D eigenvalue weighted by Crippen LogP contribution is 2.23. The molecule has 0 saturated heterocycles. The van der Waals surface area contributed by atoms with E-state index in [0.29, 0.717) is 31.9 Å². The van der Waals surface area contributed by atoms with Gasteiger partial charge in [-0.3, -0.25) is 0 Å². The molecular formula is C14H22FNO2. The van der Waals surface area contributed by atoms with E-state index in [-0.39, 0.29) is 11.4 Å². The molecule has 3 nitrogen and oxygen atoms in total. The average molecular weight is 255 g/mol. The van der Waals surface area contributed by atoms with Gasteiger partial charge in [0.1, 0.15) is 6.61 Å². The van der Waals surface area contributed by atoms with Crippen molar-refractivity contribution in [2.75, 3.05) is 19.8 Å². The molecule has 0 amide bonds. The Morgan fingerprint density at radius 3 is 2.56 bits per heavy atom. The zero-order valence-electron chi connectivity index (χ0n) is 11.3. The first kappa shape index (κ1) is 14.9. The van der Waals surface area contributed by atoms with Crippen LogP contribution in [0.4, 0.5) is 4.39 Å². The summed E-state index contributed by atoms with van der Waals surface area (Å²) in [6.07, 6.45) is 0.604. The second-order valence-corrected chi connectivity index (χ2v) is 5.08. The quantitative estimate of drug-likeness (QED) is 0.794. The molecule has 4 heteroatoms. The lowest BCUT2D eigenvalue weighted by molar-refractivity contribution is -0.0167. The summed E-state index contributed by atoms with van der Waals surface area (Å²) in [5, 5.41) is 0. The largest absolute Gasteiger partial charge is 0.488 e. The average Bonchev–Trinajstić information content (AvgIpc) is 2.26. The number of nitrogens with two attached hydrogens (primary N) is 1. The smallest absolute Gasteiger partial charge is 0.165 e. The molecule has 0 heterocycles. The summed E-state index contributed by atoms with van der Waals surface area (Å²) in [5.41, 5.74) is 6.08. The number of halogens is 1. The van der Waals surface area contributed by atoms with Crippen molar-refractivity contribution in [3.63, 3.8) is 0 Å². The van der Waals surface area contributed by atoms with Gasteiger partial charge in [0.15, 0.2) is 11.6 Å². The highest BCUT2D eigenvalue weighted by molar-refractivity contribution is 5.35. The van der Waals surface area contributed by atoms with Gasteiger partial charge in [0.2, 0.25) is 0 Å². The van der Waals surface area contributed by atoms with Crippen LogP contribution < -0.4 is 10.5 Å². The fourth-order valence-electron chi connectivity index (χ4n) is 1.56. The summed E-state index contributed by atoms with van der Waals surface area (Å²) < 4.78 is 24.6. The maximum atomic E-state index is 13.6. The number of rotatable bonds is 6. The Labute approximate surface area is 108 Å². The Morgan fingerprint density at radius 2 is 1.94 bits per heavy atom. The Kier molecular flexibility index (Phi) is 5.56. The molecule has 0 aromatic heterocycles. The molecule has 1 rings (SSSR count). The molecule has 0 saturated carbocycles. The highest BCUT2D eigenvalue weighted by atomic mass is 19.1. The molecule has 0 bridgehead atoms. The van der Waals surface area contributed by atoms with Crippen LogP contribution in [-0.4, -0.2) is 25.4 Å². The second kappa shape index (κ2) is 6.71. The van der Waals surface area contributed by atoms with Crippen LogP contribution >= 0.6 is 0 Å². The molecule has 0 unspecified atom stereocenters. The molecule has 0 fully saturated rings. The van der Waals surface area contributed by atoms with Gasteiger partial charge in [-0.1, -0.05) is 12.1 Å². The van der Waals surface area contributed by atoms with Crippen LogP contribution in [-0.2, 0) is 11.2 Å². The summed E-state index contributed by atoms with van der Waals surface area (Å²) in [6.45, 7) is 7.13. The molecule has 1 aromatic rings. The van der Waals surface area contributed by atoms with Gasteiger partial charge in [0.05, 0.1) is 12.2 Å². The van der Waals surface area contributed by atoms with Crippen molar-refractivity contribution in [3.8, 4) is 5.75 Å². The van der Waals surface area contributed by atoms with E-state index < -0.39 is 0 Å². The topological polar surface area (TPSA) is 44.5 Å². The molecule has 0 aliphatic rings. The van der Waals surface area contributed by atoms with Crippen molar-refractivity contribution >= 4 is 0 Å². The van der Waals surface area contributed by atoms with E-state index in [2.05, 4.69) is 0 Å². The summed E-state index contributed by atoms with van der Waals surface area (Å²) >= 11 is 0. The van der Waals surface area contributed by atoms with Crippen molar-refractivity contribution in [1.82, 2.24) is 0 Å². The van der Waals surface area contributed by atoms with E-state index in [4.69, 9.17) is 15.2 Å². The molecule has 0 aliphatic heterocycles. The summed E-state index contributed by atoms with van der Waals surface area (Å²) in [6, 6.07) is 4.88. The zero-order valence-corrected chi connectivity index (χ0v) is 11.3. The van der Waals surface area contributed by atoms with Crippen LogP contribution in [0, 0.1) is 5.82 Å². The lowest BCUT2D eigenvalue weighted by atomic mass is 10.1. The molecule has 0 radical (unpaired) electrons. The molecule has 0 aliphatic carbocycles. The van der Waals surface area contributed by atoms with Gasteiger partial charge in [0, 0.05) is 0 Å². The number of ether oxygens (including phenoxy) is 2. The maximum absolute atomic E-state index is 13.6. The van der Waals surface area contributed by atoms with Crippen molar-refractivity contribution in [2.24, 2.45) is 5.73 Å². The van der Waals surface area contributed by atoms with Gasteiger partial charge in [-0.2, -0.15) is 0 Å².